The Hall–Kier alpha value is -2.67. The lowest BCUT2D eigenvalue weighted by Gasteiger charge is -2.10. The average Bonchev–Trinajstić information content (AvgIpc) is 2.54. The summed E-state index contributed by atoms with van der Waals surface area (Å²) in [6.45, 7) is 0. The van der Waals surface area contributed by atoms with E-state index in [1.165, 1.54) is 12.1 Å². The van der Waals surface area contributed by atoms with Crippen LogP contribution in [-0.4, -0.2) is 15.1 Å². The maximum atomic E-state index is 13.8. The minimum atomic E-state index is -0.589. The van der Waals surface area contributed by atoms with Crippen LogP contribution in [0.1, 0.15) is 0 Å². The molecule has 0 aliphatic carbocycles. The van der Waals surface area contributed by atoms with Crippen molar-refractivity contribution >= 4 is 39.1 Å². The molecule has 7 heteroatoms. The fourth-order valence-corrected chi connectivity index (χ4v) is 2.19. The summed E-state index contributed by atoms with van der Waals surface area (Å²) in [6.07, 6.45) is 1.57. The molecule has 116 valence electrons. The Morgan fingerprint density at radius 1 is 1.04 bits per heavy atom. The SMILES string of the molecule is Oc1ccc(Nc2ncc(Br)c(Nc3ccccc3)n2)c(F)c1. The second-order valence-electron chi connectivity index (χ2n) is 4.67. The van der Waals surface area contributed by atoms with Crippen LogP contribution in [0.2, 0.25) is 0 Å². The van der Waals surface area contributed by atoms with Crippen molar-refractivity contribution in [2.24, 2.45) is 0 Å². The highest BCUT2D eigenvalue weighted by molar-refractivity contribution is 9.10. The molecule has 0 aliphatic heterocycles. The predicted octanol–water partition coefficient (Wildman–Crippen LogP) is 4.57. The monoisotopic (exact) mass is 374 g/mol. The highest BCUT2D eigenvalue weighted by atomic mass is 79.9. The topological polar surface area (TPSA) is 70.1 Å². The van der Waals surface area contributed by atoms with Gasteiger partial charge in [-0.1, -0.05) is 18.2 Å². The van der Waals surface area contributed by atoms with E-state index < -0.39 is 5.82 Å². The minimum Gasteiger partial charge on any atom is -0.508 e. The van der Waals surface area contributed by atoms with Gasteiger partial charge < -0.3 is 15.7 Å². The first-order chi connectivity index (χ1) is 11.1. The molecule has 0 unspecified atom stereocenters. The summed E-state index contributed by atoms with van der Waals surface area (Å²) in [4.78, 5) is 8.42. The molecule has 3 rings (SSSR count). The van der Waals surface area contributed by atoms with Crippen LogP contribution in [0.15, 0.2) is 59.2 Å². The van der Waals surface area contributed by atoms with Crippen LogP contribution in [0.4, 0.5) is 27.5 Å². The van der Waals surface area contributed by atoms with Crippen LogP contribution in [-0.2, 0) is 0 Å². The van der Waals surface area contributed by atoms with Crippen LogP contribution in [0, 0.1) is 5.82 Å². The van der Waals surface area contributed by atoms with Crippen LogP contribution >= 0.6 is 15.9 Å². The molecule has 3 aromatic rings. The smallest absolute Gasteiger partial charge is 0.229 e. The van der Waals surface area contributed by atoms with Crippen molar-refractivity contribution in [2.45, 2.75) is 0 Å². The molecule has 2 aromatic carbocycles. The van der Waals surface area contributed by atoms with Crippen LogP contribution in [0.5, 0.6) is 5.75 Å². The summed E-state index contributed by atoms with van der Waals surface area (Å²) in [5.74, 6) is 0.0504. The molecule has 0 bridgehead atoms. The molecule has 0 saturated carbocycles. The van der Waals surface area contributed by atoms with E-state index in [2.05, 4.69) is 36.5 Å². The molecule has 3 N–H and O–H groups in total. The van der Waals surface area contributed by atoms with E-state index in [0.29, 0.717) is 10.3 Å². The van der Waals surface area contributed by atoms with Gasteiger partial charge in [-0.2, -0.15) is 4.98 Å². The first-order valence-corrected chi connectivity index (χ1v) is 7.51. The standard InChI is InChI=1S/C16H12BrFN4O/c17-12-9-19-16(21-14-7-6-11(23)8-13(14)18)22-15(12)20-10-4-2-1-3-5-10/h1-9,23H,(H2,19,20,21,22). The van der Waals surface area contributed by atoms with E-state index >= 15 is 0 Å². The zero-order valence-corrected chi connectivity index (χ0v) is 13.4. The van der Waals surface area contributed by atoms with Gasteiger partial charge in [0.25, 0.3) is 0 Å². The van der Waals surface area contributed by atoms with Gasteiger partial charge in [0.2, 0.25) is 5.95 Å². The van der Waals surface area contributed by atoms with Crippen LogP contribution < -0.4 is 10.6 Å². The van der Waals surface area contributed by atoms with E-state index in [-0.39, 0.29) is 17.4 Å². The van der Waals surface area contributed by atoms with E-state index in [0.717, 1.165) is 11.8 Å². The summed E-state index contributed by atoms with van der Waals surface area (Å²) in [5.41, 5.74) is 1.05. The Bertz CT molecular complexity index is 830. The molecule has 0 radical (unpaired) electrons. The van der Waals surface area contributed by atoms with Gasteiger partial charge in [0.15, 0.2) is 0 Å². The Morgan fingerprint density at radius 2 is 1.83 bits per heavy atom. The number of para-hydroxylation sites is 1. The largest absolute Gasteiger partial charge is 0.508 e. The van der Waals surface area contributed by atoms with E-state index in [9.17, 15) is 9.50 Å². The summed E-state index contributed by atoms with van der Waals surface area (Å²) in [6, 6.07) is 13.4. The highest BCUT2D eigenvalue weighted by Crippen LogP contribution is 2.26. The van der Waals surface area contributed by atoms with Gasteiger partial charge in [-0.05, 0) is 40.2 Å². The number of phenolic OH excluding ortho intramolecular Hbond substituents is 1. The zero-order valence-electron chi connectivity index (χ0n) is 11.8. The summed E-state index contributed by atoms with van der Waals surface area (Å²) in [7, 11) is 0. The molecule has 5 nitrogen and oxygen atoms in total. The molecule has 0 spiro atoms. The number of hydrogen-bond donors (Lipinski definition) is 3. The summed E-state index contributed by atoms with van der Waals surface area (Å²) < 4.78 is 14.4. The number of hydrogen-bond acceptors (Lipinski definition) is 5. The highest BCUT2D eigenvalue weighted by Gasteiger charge is 2.08. The Labute approximate surface area is 140 Å². The first kappa shape index (κ1) is 15.2. The van der Waals surface area contributed by atoms with Crippen LogP contribution in [0.25, 0.3) is 0 Å². The summed E-state index contributed by atoms with van der Waals surface area (Å²) in [5, 5.41) is 15.2. The van der Waals surface area contributed by atoms with Gasteiger partial charge >= 0.3 is 0 Å². The third-order valence-electron chi connectivity index (χ3n) is 2.98. The van der Waals surface area contributed by atoms with Crippen molar-refractivity contribution in [3.05, 3.63) is 65.0 Å². The molecule has 0 saturated heterocycles. The molecule has 23 heavy (non-hydrogen) atoms. The summed E-state index contributed by atoms with van der Waals surface area (Å²) >= 11 is 3.37. The first-order valence-electron chi connectivity index (χ1n) is 6.72. The maximum Gasteiger partial charge on any atom is 0.229 e. The van der Waals surface area contributed by atoms with Crippen molar-refractivity contribution < 1.29 is 9.50 Å². The Morgan fingerprint density at radius 3 is 2.57 bits per heavy atom. The number of anilines is 4. The zero-order chi connectivity index (χ0) is 16.2. The number of nitrogens with one attached hydrogen (secondary N) is 2. The van der Waals surface area contributed by atoms with E-state index in [1.807, 2.05) is 30.3 Å². The molecule has 1 aromatic heterocycles. The lowest BCUT2D eigenvalue weighted by Crippen LogP contribution is -2.02. The molecular formula is C16H12BrFN4O. The second kappa shape index (κ2) is 6.62. The molecule has 1 heterocycles. The van der Waals surface area contributed by atoms with Gasteiger partial charge in [-0.25, -0.2) is 9.37 Å². The number of benzene rings is 2. The number of aromatic hydroxyl groups is 1. The van der Waals surface area contributed by atoms with Crippen LogP contribution in [0.3, 0.4) is 0 Å². The third-order valence-corrected chi connectivity index (χ3v) is 3.56. The number of nitrogens with zero attached hydrogens (tertiary/aromatic N) is 2. The maximum absolute atomic E-state index is 13.8. The van der Waals surface area contributed by atoms with Gasteiger partial charge in [-0.15, -0.1) is 0 Å². The number of halogens is 2. The number of rotatable bonds is 4. The minimum absolute atomic E-state index is 0.142. The Balaban J connectivity index is 1.85. The van der Waals surface area contributed by atoms with Crippen molar-refractivity contribution in [3.8, 4) is 5.75 Å². The fourth-order valence-electron chi connectivity index (χ4n) is 1.90. The van der Waals surface area contributed by atoms with Gasteiger partial charge in [0, 0.05) is 18.0 Å². The quantitative estimate of drug-likeness (QED) is 0.583. The number of aromatic nitrogens is 2. The second-order valence-corrected chi connectivity index (χ2v) is 5.52. The Kier molecular flexibility index (Phi) is 4.38. The van der Waals surface area contributed by atoms with Crippen molar-refractivity contribution in [2.75, 3.05) is 10.6 Å². The van der Waals surface area contributed by atoms with E-state index in [1.54, 1.807) is 6.20 Å². The predicted molar refractivity (Wildman–Crippen MR) is 90.8 cm³/mol. The molecule has 0 atom stereocenters. The van der Waals surface area contributed by atoms with Gasteiger partial charge in [0.1, 0.15) is 17.4 Å². The average molecular weight is 375 g/mol. The van der Waals surface area contributed by atoms with Crippen molar-refractivity contribution in [1.82, 2.24) is 9.97 Å². The molecular weight excluding hydrogens is 363 g/mol. The van der Waals surface area contributed by atoms with Gasteiger partial charge in [-0.3, -0.25) is 0 Å². The normalized spacial score (nSPS) is 10.3. The van der Waals surface area contributed by atoms with Crippen molar-refractivity contribution in [1.29, 1.82) is 0 Å². The molecule has 0 fully saturated rings. The fraction of sp³-hybridized carbons (Fsp3) is 0. The van der Waals surface area contributed by atoms with Gasteiger partial charge in [0.05, 0.1) is 10.2 Å². The third kappa shape index (κ3) is 3.75. The molecule has 0 amide bonds. The lowest BCUT2D eigenvalue weighted by molar-refractivity contribution is 0.469. The lowest BCUT2D eigenvalue weighted by atomic mass is 10.3. The number of phenols is 1. The van der Waals surface area contributed by atoms with E-state index in [4.69, 9.17) is 0 Å². The van der Waals surface area contributed by atoms with Crippen molar-refractivity contribution in [3.63, 3.8) is 0 Å². The molecule has 0 aliphatic rings.